The molecular formula is C15H16Cl2O4. The summed E-state index contributed by atoms with van der Waals surface area (Å²) in [6.07, 6.45) is 3.05. The molecule has 0 amide bonds. The molecule has 21 heavy (non-hydrogen) atoms. The van der Waals surface area contributed by atoms with Crippen LogP contribution in [0.1, 0.15) is 29.6 Å². The van der Waals surface area contributed by atoms with Crippen LogP contribution >= 0.6 is 23.2 Å². The van der Waals surface area contributed by atoms with Crippen LogP contribution in [0.25, 0.3) is 0 Å². The third kappa shape index (κ3) is 3.19. The average molecular weight is 331 g/mol. The van der Waals surface area contributed by atoms with Gasteiger partial charge in [-0.15, -0.1) is 0 Å². The molecule has 3 rings (SSSR count). The van der Waals surface area contributed by atoms with E-state index in [1.54, 1.807) is 12.1 Å². The van der Waals surface area contributed by atoms with Gasteiger partial charge in [0.05, 0.1) is 29.4 Å². The molecule has 2 unspecified atom stereocenters. The van der Waals surface area contributed by atoms with Crippen molar-refractivity contribution in [3.63, 3.8) is 0 Å². The van der Waals surface area contributed by atoms with E-state index in [4.69, 9.17) is 37.4 Å². The zero-order chi connectivity index (χ0) is 14.9. The minimum absolute atomic E-state index is 0.0437. The zero-order valence-corrected chi connectivity index (χ0v) is 13.0. The van der Waals surface area contributed by atoms with Gasteiger partial charge in [-0.3, -0.25) is 4.79 Å². The van der Waals surface area contributed by atoms with E-state index < -0.39 is 0 Å². The number of halogens is 2. The van der Waals surface area contributed by atoms with Crippen molar-refractivity contribution in [3.05, 3.63) is 27.7 Å². The molecule has 0 saturated carbocycles. The van der Waals surface area contributed by atoms with Gasteiger partial charge >= 0.3 is 0 Å². The van der Waals surface area contributed by atoms with E-state index in [0.717, 1.165) is 19.3 Å². The molecular weight excluding hydrogens is 315 g/mol. The molecule has 2 aliphatic rings. The Hall–Kier alpha value is -0.810. The molecule has 0 aromatic heterocycles. The minimum Gasteiger partial charge on any atom is -0.488 e. The fourth-order valence-electron chi connectivity index (χ4n) is 2.91. The Morgan fingerprint density at radius 2 is 2.19 bits per heavy atom. The second kappa shape index (κ2) is 6.13. The summed E-state index contributed by atoms with van der Waals surface area (Å²) in [4.78, 5) is 11.2. The van der Waals surface area contributed by atoms with Crippen molar-refractivity contribution in [2.24, 2.45) is 0 Å². The lowest BCUT2D eigenvalue weighted by Crippen LogP contribution is -2.44. The maximum atomic E-state index is 11.2. The van der Waals surface area contributed by atoms with Gasteiger partial charge in [0, 0.05) is 30.9 Å². The summed E-state index contributed by atoms with van der Waals surface area (Å²) in [6.45, 7) is 1.94. The number of hydrogen-bond donors (Lipinski definition) is 0. The van der Waals surface area contributed by atoms with Gasteiger partial charge in [0.25, 0.3) is 0 Å². The molecule has 2 atom stereocenters. The predicted octanol–water partition coefficient (Wildman–Crippen LogP) is 3.52. The summed E-state index contributed by atoms with van der Waals surface area (Å²) >= 11 is 12.1. The van der Waals surface area contributed by atoms with Crippen LogP contribution in [-0.2, 0) is 9.47 Å². The van der Waals surface area contributed by atoms with Crippen molar-refractivity contribution in [3.8, 4) is 5.75 Å². The third-order valence-electron chi connectivity index (χ3n) is 3.96. The number of aldehydes is 1. The van der Waals surface area contributed by atoms with Gasteiger partial charge in [-0.25, -0.2) is 0 Å². The molecule has 0 aliphatic carbocycles. The second-order valence-electron chi connectivity index (χ2n) is 5.49. The van der Waals surface area contributed by atoms with Crippen LogP contribution in [0, 0.1) is 0 Å². The largest absolute Gasteiger partial charge is 0.488 e. The van der Waals surface area contributed by atoms with Crippen LogP contribution < -0.4 is 4.74 Å². The molecule has 4 nitrogen and oxygen atoms in total. The van der Waals surface area contributed by atoms with Crippen LogP contribution in [0.5, 0.6) is 5.75 Å². The Morgan fingerprint density at radius 3 is 2.90 bits per heavy atom. The molecule has 1 aromatic carbocycles. The molecule has 114 valence electrons. The molecule has 1 aromatic rings. The van der Waals surface area contributed by atoms with E-state index >= 15 is 0 Å². The highest BCUT2D eigenvalue weighted by Crippen LogP contribution is 2.37. The first kappa shape index (κ1) is 15.1. The normalized spacial score (nSPS) is 28.8. The van der Waals surface area contributed by atoms with Crippen LogP contribution in [0.15, 0.2) is 12.1 Å². The highest BCUT2D eigenvalue weighted by Gasteiger charge is 2.42. The maximum absolute atomic E-state index is 11.2. The zero-order valence-electron chi connectivity index (χ0n) is 11.4. The maximum Gasteiger partial charge on any atom is 0.153 e. The first-order valence-corrected chi connectivity index (χ1v) is 7.70. The summed E-state index contributed by atoms with van der Waals surface area (Å²) in [5, 5.41) is 0.773. The van der Waals surface area contributed by atoms with Gasteiger partial charge < -0.3 is 14.2 Å². The summed E-state index contributed by atoms with van der Waals surface area (Å²) in [5.41, 5.74) is 0.124. The third-order valence-corrected chi connectivity index (χ3v) is 4.46. The molecule has 6 heteroatoms. The minimum atomic E-state index is -0.247. The fraction of sp³-hybridized carbons (Fsp3) is 0.533. The van der Waals surface area contributed by atoms with E-state index in [1.807, 2.05) is 0 Å². The van der Waals surface area contributed by atoms with E-state index in [0.29, 0.717) is 47.5 Å². The van der Waals surface area contributed by atoms with Crippen LogP contribution in [0.3, 0.4) is 0 Å². The van der Waals surface area contributed by atoms with Gasteiger partial charge in [-0.2, -0.15) is 0 Å². The lowest BCUT2D eigenvalue weighted by Gasteiger charge is -2.37. The van der Waals surface area contributed by atoms with E-state index in [9.17, 15) is 4.79 Å². The highest BCUT2D eigenvalue weighted by atomic mass is 35.5. The predicted molar refractivity (Wildman–Crippen MR) is 79.6 cm³/mol. The number of carbonyl (C=O) groups is 1. The van der Waals surface area contributed by atoms with E-state index in [2.05, 4.69) is 0 Å². The van der Waals surface area contributed by atoms with Crippen molar-refractivity contribution in [1.82, 2.24) is 0 Å². The van der Waals surface area contributed by atoms with Gasteiger partial charge in [-0.1, -0.05) is 23.2 Å². The Balaban J connectivity index is 1.78. The molecule has 1 spiro atoms. The first-order valence-electron chi connectivity index (χ1n) is 6.94. The number of ether oxygens (including phenoxy) is 3. The molecule has 2 heterocycles. The standard InChI is InChI=1S/C15H16Cl2O4/c16-11-5-10(8-18)14(13(17)6-11)21-12-1-3-20-15(7-12)2-4-19-9-15/h5-6,8,12H,1-4,7,9H2. The average Bonchev–Trinajstić information content (AvgIpc) is 2.89. The first-order chi connectivity index (χ1) is 10.1. The van der Waals surface area contributed by atoms with Gasteiger partial charge in [0.2, 0.25) is 0 Å². The highest BCUT2D eigenvalue weighted by molar-refractivity contribution is 6.36. The summed E-state index contributed by atoms with van der Waals surface area (Å²) in [6, 6.07) is 3.14. The Morgan fingerprint density at radius 1 is 1.33 bits per heavy atom. The Labute approximate surface area is 133 Å². The number of benzene rings is 1. The van der Waals surface area contributed by atoms with E-state index in [-0.39, 0.29) is 11.7 Å². The van der Waals surface area contributed by atoms with Crippen molar-refractivity contribution < 1.29 is 19.0 Å². The quantitative estimate of drug-likeness (QED) is 0.795. The van der Waals surface area contributed by atoms with Crippen molar-refractivity contribution in [2.45, 2.75) is 31.0 Å². The number of rotatable bonds is 3. The second-order valence-corrected chi connectivity index (χ2v) is 6.33. The monoisotopic (exact) mass is 330 g/mol. The van der Waals surface area contributed by atoms with Crippen LogP contribution in [0.4, 0.5) is 0 Å². The Kier molecular flexibility index (Phi) is 4.41. The lowest BCUT2D eigenvalue weighted by atomic mass is 9.91. The van der Waals surface area contributed by atoms with Crippen molar-refractivity contribution >= 4 is 29.5 Å². The molecule has 2 fully saturated rings. The fourth-order valence-corrected chi connectivity index (χ4v) is 3.46. The SMILES string of the molecule is O=Cc1cc(Cl)cc(Cl)c1OC1CCOC2(CCOC2)C1. The molecule has 2 saturated heterocycles. The topological polar surface area (TPSA) is 44.8 Å². The van der Waals surface area contributed by atoms with Crippen LogP contribution in [-0.4, -0.2) is 37.8 Å². The van der Waals surface area contributed by atoms with E-state index in [1.165, 1.54) is 0 Å². The smallest absolute Gasteiger partial charge is 0.153 e. The molecule has 2 aliphatic heterocycles. The summed E-state index contributed by atoms with van der Waals surface area (Å²) in [5.74, 6) is 0.400. The van der Waals surface area contributed by atoms with Crippen molar-refractivity contribution in [1.29, 1.82) is 0 Å². The van der Waals surface area contributed by atoms with Gasteiger partial charge in [-0.05, 0) is 12.1 Å². The summed E-state index contributed by atoms with van der Waals surface area (Å²) < 4.78 is 17.3. The molecule has 0 radical (unpaired) electrons. The number of hydrogen-bond acceptors (Lipinski definition) is 4. The van der Waals surface area contributed by atoms with Gasteiger partial charge in [0.15, 0.2) is 6.29 Å². The van der Waals surface area contributed by atoms with Crippen molar-refractivity contribution in [2.75, 3.05) is 19.8 Å². The molecule has 0 bridgehead atoms. The summed E-state index contributed by atoms with van der Waals surface area (Å²) in [7, 11) is 0. The molecule has 0 N–H and O–H groups in total. The number of carbonyl (C=O) groups excluding carboxylic acids is 1. The van der Waals surface area contributed by atoms with Crippen LogP contribution in [0.2, 0.25) is 10.0 Å². The Bertz CT molecular complexity index is 541. The lowest BCUT2D eigenvalue weighted by molar-refractivity contribution is -0.112. The van der Waals surface area contributed by atoms with Gasteiger partial charge in [0.1, 0.15) is 11.9 Å².